The second-order valence-corrected chi connectivity index (χ2v) is 7.04. The molecule has 0 spiro atoms. The molecule has 1 aliphatic rings. The molecule has 0 aliphatic heterocycles. The van der Waals surface area contributed by atoms with E-state index in [1.165, 1.54) is 0 Å². The van der Waals surface area contributed by atoms with Crippen molar-refractivity contribution in [1.82, 2.24) is 15.0 Å². The van der Waals surface area contributed by atoms with E-state index in [2.05, 4.69) is 20.9 Å². The van der Waals surface area contributed by atoms with Gasteiger partial charge in [-0.1, -0.05) is 12.1 Å². The highest BCUT2D eigenvalue weighted by Gasteiger charge is 2.22. The molecule has 3 rings (SSSR count). The van der Waals surface area contributed by atoms with Crippen molar-refractivity contribution in [2.24, 2.45) is 5.73 Å². The molecule has 8 nitrogen and oxygen atoms in total. The summed E-state index contributed by atoms with van der Waals surface area (Å²) >= 11 is 0. The monoisotopic (exact) mass is 370 g/mol. The van der Waals surface area contributed by atoms with Crippen LogP contribution in [0.3, 0.4) is 0 Å². The standard InChI is InChI=1S/C19H26N6O2/c1-3-18(26)21-14-6-9-16(12(2)10-14)22-19(27)17-11-25(24-23-17)15-7-4-13(20)5-8-15/h6,9-11,13,15H,3-5,7-8,20H2,1-2H3,(H,21,26)(H,22,27). The highest BCUT2D eigenvalue weighted by atomic mass is 16.2. The fraction of sp³-hybridized carbons (Fsp3) is 0.474. The first kappa shape index (κ1) is 19.0. The number of nitrogens with zero attached hydrogens (tertiary/aromatic N) is 3. The van der Waals surface area contributed by atoms with Gasteiger partial charge in [0.15, 0.2) is 5.69 Å². The molecule has 144 valence electrons. The molecule has 2 aromatic rings. The van der Waals surface area contributed by atoms with Gasteiger partial charge in [-0.2, -0.15) is 0 Å². The Balaban J connectivity index is 1.64. The SMILES string of the molecule is CCC(=O)Nc1ccc(NC(=O)c2cn(C3CCC(N)CC3)nn2)c(C)c1. The zero-order valence-corrected chi connectivity index (χ0v) is 15.7. The summed E-state index contributed by atoms with van der Waals surface area (Å²) in [5.41, 5.74) is 8.46. The summed E-state index contributed by atoms with van der Waals surface area (Å²) in [7, 11) is 0. The summed E-state index contributed by atoms with van der Waals surface area (Å²) in [6.07, 6.45) is 5.95. The molecule has 0 saturated heterocycles. The third-order valence-corrected chi connectivity index (χ3v) is 4.94. The van der Waals surface area contributed by atoms with E-state index in [9.17, 15) is 9.59 Å². The van der Waals surface area contributed by atoms with E-state index in [0.717, 1.165) is 31.2 Å². The third-order valence-electron chi connectivity index (χ3n) is 4.94. The minimum absolute atomic E-state index is 0.0496. The second-order valence-electron chi connectivity index (χ2n) is 7.04. The molecule has 27 heavy (non-hydrogen) atoms. The Hall–Kier alpha value is -2.74. The van der Waals surface area contributed by atoms with Crippen molar-refractivity contribution in [3.63, 3.8) is 0 Å². The van der Waals surface area contributed by atoms with Crippen LogP contribution in [0.5, 0.6) is 0 Å². The lowest BCUT2D eigenvalue weighted by Crippen LogP contribution is -2.28. The second kappa shape index (κ2) is 8.30. The predicted molar refractivity (Wildman–Crippen MR) is 104 cm³/mol. The number of benzene rings is 1. The molecule has 1 fully saturated rings. The first-order valence-corrected chi connectivity index (χ1v) is 9.35. The summed E-state index contributed by atoms with van der Waals surface area (Å²) in [5.74, 6) is -0.353. The van der Waals surface area contributed by atoms with Crippen molar-refractivity contribution in [1.29, 1.82) is 0 Å². The Bertz CT molecular complexity index is 823. The van der Waals surface area contributed by atoms with E-state index in [1.807, 2.05) is 13.0 Å². The molecule has 1 heterocycles. The molecule has 1 aromatic carbocycles. The Morgan fingerprint density at radius 2 is 1.96 bits per heavy atom. The lowest BCUT2D eigenvalue weighted by Gasteiger charge is -2.25. The van der Waals surface area contributed by atoms with Gasteiger partial charge in [0, 0.05) is 23.8 Å². The van der Waals surface area contributed by atoms with Crippen molar-refractivity contribution < 1.29 is 9.59 Å². The van der Waals surface area contributed by atoms with Crippen LogP contribution < -0.4 is 16.4 Å². The maximum absolute atomic E-state index is 12.5. The number of carbonyl (C=O) groups is 2. The topological polar surface area (TPSA) is 115 Å². The van der Waals surface area contributed by atoms with Crippen LogP contribution >= 0.6 is 0 Å². The highest BCUT2D eigenvalue weighted by molar-refractivity contribution is 6.03. The summed E-state index contributed by atoms with van der Waals surface area (Å²) < 4.78 is 1.77. The molecule has 0 unspecified atom stereocenters. The first-order valence-electron chi connectivity index (χ1n) is 9.35. The number of rotatable bonds is 5. The third kappa shape index (κ3) is 4.71. The van der Waals surface area contributed by atoms with Crippen molar-refractivity contribution >= 4 is 23.2 Å². The molecule has 4 N–H and O–H groups in total. The molecule has 0 atom stereocenters. The lowest BCUT2D eigenvalue weighted by atomic mass is 9.92. The van der Waals surface area contributed by atoms with Crippen LogP contribution in [0.2, 0.25) is 0 Å². The highest BCUT2D eigenvalue weighted by Crippen LogP contribution is 2.27. The Kier molecular flexibility index (Phi) is 5.85. The minimum Gasteiger partial charge on any atom is -0.328 e. The molecule has 1 saturated carbocycles. The van der Waals surface area contributed by atoms with E-state index in [1.54, 1.807) is 29.9 Å². The van der Waals surface area contributed by atoms with Crippen LogP contribution in [0.15, 0.2) is 24.4 Å². The predicted octanol–water partition coefficient (Wildman–Crippen LogP) is 2.63. The van der Waals surface area contributed by atoms with Crippen LogP contribution in [-0.2, 0) is 4.79 Å². The van der Waals surface area contributed by atoms with E-state index >= 15 is 0 Å². The molecule has 8 heteroatoms. The van der Waals surface area contributed by atoms with Crippen LogP contribution in [0.4, 0.5) is 11.4 Å². The summed E-state index contributed by atoms with van der Waals surface area (Å²) in [6, 6.07) is 5.87. The fourth-order valence-corrected chi connectivity index (χ4v) is 3.24. The summed E-state index contributed by atoms with van der Waals surface area (Å²) in [6.45, 7) is 3.67. The summed E-state index contributed by atoms with van der Waals surface area (Å²) in [4.78, 5) is 24.0. The molecule has 0 radical (unpaired) electrons. The number of aryl methyl sites for hydroxylation is 1. The Morgan fingerprint density at radius 1 is 1.22 bits per heavy atom. The quantitative estimate of drug-likeness (QED) is 0.748. The largest absolute Gasteiger partial charge is 0.328 e. The van der Waals surface area contributed by atoms with Gasteiger partial charge >= 0.3 is 0 Å². The zero-order chi connectivity index (χ0) is 19.4. The van der Waals surface area contributed by atoms with Crippen LogP contribution in [0.1, 0.15) is 61.1 Å². The normalized spacial score (nSPS) is 19.5. The van der Waals surface area contributed by atoms with Gasteiger partial charge in [-0.15, -0.1) is 5.10 Å². The molecular formula is C19H26N6O2. The van der Waals surface area contributed by atoms with E-state index in [0.29, 0.717) is 17.8 Å². The van der Waals surface area contributed by atoms with Gasteiger partial charge in [0.05, 0.1) is 12.2 Å². The number of nitrogens with one attached hydrogen (secondary N) is 2. The average molecular weight is 370 g/mol. The Labute approximate surface area is 158 Å². The number of hydrogen-bond donors (Lipinski definition) is 3. The van der Waals surface area contributed by atoms with Gasteiger partial charge in [-0.05, 0) is 56.4 Å². The van der Waals surface area contributed by atoms with Crippen molar-refractivity contribution in [3.05, 3.63) is 35.7 Å². The molecule has 1 aliphatic carbocycles. The molecule has 2 amide bonds. The fourth-order valence-electron chi connectivity index (χ4n) is 3.24. The number of anilines is 2. The molecule has 0 bridgehead atoms. The smallest absolute Gasteiger partial charge is 0.277 e. The minimum atomic E-state index is -0.304. The summed E-state index contributed by atoms with van der Waals surface area (Å²) in [5, 5.41) is 13.8. The van der Waals surface area contributed by atoms with Crippen LogP contribution in [0, 0.1) is 6.92 Å². The maximum Gasteiger partial charge on any atom is 0.277 e. The first-order chi connectivity index (χ1) is 13.0. The van der Waals surface area contributed by atoms with Gasteiger partial charge in [0.25, 0.3) is 5.91 Å². The van der Waals surface area contributed by atoms with Gasteiger partial charge in [0.2, 0.25) is 5.91 Å². The van der Waals surface area contributed by atoms with Gasteiger partial charge in [0.1, 0.15) is 0 Å². The average Bonchev–Trinajstić information content (AvgIpc) is 3.14. The van der Waals surface area contributed by atoms with E-state index in [-0.39, 0.29) is 29.6 Å². The lowest BCUT2D eigenvalue weighted by molar-refractivity contribution is -0.115. The number of carbonyl (C=O) groups excluding carboxylic acids is 2. The van der Waals surface area contributed by atoms with Crippen LogP contribution in [-0.4, -0.2) is 32.9 Å². The number of hydrogen-bond acceptors (Lipinski definition) is 5. The van der Waals surface area contributed by atoms with Gasteiger partial charge in [-0.25, -0.2) is 4.68 Å². The van der Waals surface area contributed by atoms with Crippen molar-refractivity contribution in [3.8, 4) is 0 Å². The van der Waals surface area contributed by atoms with Crippen molar-refractivity contribution in [2.75, 3.05) is 10.6 Å². The zero-order valence-electron chi connectivity index (χ0n) is 15.7. The van der Waals surface area contributed by atoms with Gasteiger partial charge < -0.3 is 16.4 Å². The number of aromatic nitrogens is 3. The number of amides is 2. The van der Waals surface area contributed by atoms with Crippen molar-refractivity contribution in [2.45, 2.75) is 58.0 Å². The maximum atomic E-state index is 12.5. The van der Waals surface area contributed by atoms with E-state index in [4.69, 9.17) is 5.73 Å². The molecular weight excluding hydrogens is 344 g/mol. The Morgan fingerprint density at radius 3 is 2.63 bits per heavy atom. The van der Waals surface area contributed by atoms with E-state index < -0.39 is 0 Å². The van der Waals surface area contributed by atoms with Crippen LogP contribution in [0.25, 0.3) is 0 Å². The van der Waals surface area contributed by atoms with Gasteiger partial charge in [-0.3, -0.25) is 9.59 Å². The number of nitrogens with two attached hydrogens (primary N) is 1. The molecule has 1 aromatic heterocycles.